The second-order valence-corrected chi connectivity index (χ2v) is 3.99. The van der Waals surface area contributed by atoms with E-state index in [2.05, 4.69) is 0 Å². The number of esters is 1. The van der Waals surface area contributed by atoms with Crippen LogP contribution in [0.5, 0.6) is 0 Å². The lowest BCUT2D eigenvalue weighted by atomic mass is 10.0. The van der Waals surface area contributed by atoms with E-state index in [0.717, 1.165) is 25.7 Å². The molecular weight excluding hydrogens is 206 g/mol. The Bertz CT molecular complexity index is 216. The molecule has 94 valence electrons. The van der Waals surface area contributed by atoms with E-state index in [4.69, 9.17) is 10.5 Å². The predicted molar refractivity (Wildman–Crippen MR) is 63.0 cm³/mol. The SMILES string of the molecule is CCC(N)C(=O)CCCCCCOC(C)=O. The lowest BCUT2D eigenvalue weighted by Gasteiger charge is -2.07. The lowest BCUT2D eigenvalue weighted by molar-refractivity contribution is -0.141. The summed E-state index contributed by atoms with van der Waals surface area (Å²) in [4.78, 5) is 21.8. The fourth-order valence-electron chi connectivity index (χ4n) is 1.38. The van der Waals surface area contributed by atoms with Gasteiger partial charge < -0.3 is 10.5 Å². The second-order valence-electron chi connectivity index (χ2n) is 3.99. The Hall–Kier alpha value is -0.900. The second kappa shape index (κ2) is 9.33. The van der Waals surface area contributed by atoms with E-state index in [0.29, 0.717) is 19.4 Å². The minimum absolute atomic E-state index is 0.155. The molecule has 4 nitrogen and oxygen atoms in total. The summed E-state index contributed by atoms with van der Waals surface area (Å²) < 4.78 is 4.80. The zero-order chi connectivity index (χ0) is 12.4. The minimum atomic E-state index is -0.291. The first-order valence-electron chi connectivity index (χ1n) is 5.99. The van der Waals surface area contributed by atoms with Gasteiger partial charge in [0, 0.05) is 13.3 Å². The summed E-state index contributed by atoms with van der Waals surface area (Å²) >= 11 is 0. The molecule has 0 aliphatic carbocycles. The van der Waals surface area contributed by atoms with Crippen molar-refractivity contribution in [3.8, 4) is 0 Å². The number of ketones is 1. The molecule has 0 aromatic heterocycles. The van der Waals surface area contributed by atoms with Crippen molar-refractivity contribution >= 4 is 11.8 Å². The van der Waals surface area contributed by atoms with Crippen LogP contribution in [0.2, 0.25) is 0 Å². The largest absolute Gasteiger partial charge is 0.466 e. The number of rotatable bonds is 9. The van der Waals surface area contributed by atoms with Gasteiger partial charge in [-0.05, 0) is 19.3 Å². The number of hydrogen-bond acceptors (Lipinski definition) is 4. The average Bonchev–Trinajstić information content (AvgIpc) is 2.25. The first-order valence-corrected chi connectivity index (χ1v) is 5.99. The van der Waals surface area contributed by atoms with Gasteiger partial charge in [0.15, 0.2) is 0 Å². The molecule has 0 bridgehead atoms. The molecule has 0 aliphatic rings. The Labute approximate surface area is 97.5 Å². The number of carbonyl (C=O) groups is 2. The average molecular weight is 229 g/mol. The highest BCUT2D eigenvalue weighted by molar-refractivity contribution is 5.83. The Morgan fingerprint density at radius 1 is 1.19 bits per heavy atom. The number of carbonyl (C=O) groups excluding carboxylic acids is 2. The Balaban J connectivity index is 3.27. The van der Waals surface area contributed by atoms with E-state index in [1.54, 1.807) is 0 Å². The molecule has 4 heteroatoms. The smallest absolute Gasteiger partial charge is 0.302 e. The standard InChI is InChI=1S/C12H23NO3/c1-3-11(13)12(15)8-6-4-5-7-9-16-10(2)14/h11H,3-9,13H2,1-2H3. The normalized spacial score (nSPS) is 12.2. The lowest BCUT2D eigenvalue weighted by Crippen LogP contribution is -2.29. The highest BCUT2D eigenvalue weighted by Gasteiger charge is 2.09. The fraction of sp³-hybridized carbons (Fsp3) is 0.833. The molecule has 0 heterocycles. The molecule has 0 radical (unpaired) electrons. The van der Waals surface area contributed by atoms with E-state index in [-0.39, 0.29) is 17.8 Å². The maximum absolute atomic E-state index is 11.4. The maximum atomic E-state index is 11.4. The van der Waals surface area contributed by atoms with Gasteiger partial charge in [0.2, 0.25) is 0 Å². The van der Waals surface area contributed by atoms with Crippen LogP contribution in [0, 0.1) is 0 Å². The predicted octanol–water partition coefficient (Wildman–Crippen LogP) is 1.81. The highest BCUT2D eigenvalue weighted by atomic mass is 16.5. The number of nitrogens with two attached hydrogens (primary N) is 1. The van der Waals surface area contributed by atoms with Crippen molar-refractivity contribution in [2.75, 3.05) is 6.61 Å². The molecule has 0 fully saturated rings. The molecule has 1 unspecified atom stereocenters. The number of ether oxygens (including phenoxy) is 1. The van der Waals surface area contributed by atoms with Crippen LogP contribution < -0.4 is 5.73 Å². The molecule has 0 aromatic carbocycles. The summed E-state index contributed by atoms with van der Waals surface area (Å²) in [5.41, 5.74) is 5.61. The summed E-state index contributed by atoms with van der Waals surface area (Å²) in [5, 5.41) is 0. The van der Waals surface area contributed by atoms with Gasteiger partial charge >= 0.3 is 5.97 Å². The van der Waals surface area contributed by atoms with Crippen LogP contribution in [-0.4, -0.2) is 24.4 Å². The molecule has 0 amide bonds. The Morgan fingerprint density at radius 3 is 2.38 bits per heavy atom. The minimum Gasteiger partial charge on any atom is -0.466 e. The van der Waals surface area contributed by atoms with Gasteiger partial charge in [-0.25, -0.2) is 0 Å². The molecule has 16 heavy (non-hydrogen) atoms. The summed E-state index contributed by atoms with van der Waals surface area (Å²) in [6, 6.07) is -0.291. The molecule has 0 spiro atoms. The fourth-order valence-corrected chi connectivity index (χ4v) is 1.38. The first-order chi connectivity index (χ1) is 7.57. The van der Waals surface area contributed by atoms with Crippen molar-refractivity contribution in [3.05, 3.63) is 0 Å². The third-order valence-corrected chi connectivity index (χ3v) is 2.48. The van der Waals surface area contributed by atoms with Crippen LogP contribution >= 0.6 is 0 Å². The van der Waals surface area contributed by atoms with E-state index in [1.165, 1.54) is 6.92 Å². The topological polar surface area (TPSA) is 69.4 Å². The van der Waals surface area contributed by atoms with Crippen molar-refractivity contribution in [1.82, 2.24) is 0 Å². The van der Waals surface area contributed by atoms with Gasteiger partial charge in [0.25, 0.3) is 0 Å². The molecule has 2 N–H and O–H groups in total. The first kappa shape index (κ1) is 15.1. The summed E-state index contributed by atoms with van der Waals surface area (Å²) in [6.07, 6.45) is 5.01. The molecule has 0 saturated carbocycles. The third-order valence-electron chi connectivity index (χ3n) is 2.48. The zero-order valence-electron chi connectivity index (χ0n) is 10.3. The van der Waals surface area contributed by atoms with Gasteiger partial charge in [-0.15, -0.1) is 0 Å². The quantitative estimate of drug-likeness (QED) is 0.483. The molecule has 0 rings (SSSR count). The number of unbranched alkanes of at least 4 members (excludes halogenated alkanes) is 3. The van der Waals surface area contributed by atoms with Gasteiger partial charge in [-0.1, -0.05) is 19.8 Å². The summed E-state index contributed by atoms with van der Waals surface area (Å²) in [7, 11) is 0. The monoisotopic (exact) mass is 229 g/mol. The molecule has 1 atom stereocenters. The maximum Gasteiger partial charge on any atom is 0.302 e. The van der Waals surface area contributed by atoms with Crippen LogP contribution in [0.15, 0.2) is 0 Å². The summed E-state index contributed by atoms with van der Waals surface area (Å²) in [6.45, 7) is 3.81. The van der Waals surface area contributed by atoms with E-state index in [9.17, 15) is 9.59 Å². The molecule has 0 aliphatic heterocycles. The van der Waals surface area contributed by atoms with Gasteiger partial charge in [0.05, 0.1) is 12.6 Å². The highest BCUT2D eigenvalue weighted by Crippen LogP contribution is 2.05. The van der Waals surface area contributed by atoms with E-state index < -0.39 is 0 Å². The van der Waals surface area contributed by atoms with Gasteiger partial charge in [0.1, 0.15) is 5.78 Å². The van der Waals surface area contributed by atoms with Crippen molar-refractivity contribution in [1.29, 1.82) is 0 Å². The Morgan fingerprint density at radius 2 is 1.81 bits per heavy atom. The van der Waals surface area contributed by atoms with Crippen LogP contribution in [-0.2, 0) is 14.3 Å². The number of Topliss-reactive ketones (excluding diaryl/α,β-unsaturated/α-hetero) is 1. The molecule has 0 saturated heterocycles. The summed E-state index contributed by atoms with van der Waals surface area (Å²) in [5.74, 6) is -0.0772. The van der Waals surface area contributed by atoms with E-state index >= 15 is 0 Å². The van der Waals surface area contributed by atoms with Gasteiger partial charge in [-0.2, -0.15) is 0 Å². The van der Waals surface area contributed by atoms with Crippen LogP contribution in [0.1, 0.15) is 52.4 Å². The molecule has 0 aromatic rings. The zero-order valence-corrected chi connectivity index (χ0v) is 10.3. The van der Waals surface area contributed by atoms with Gasteiger partial charge in [-0.3, -0.25) is 9.59 Å². The van der Waals surface area contributed by atoms with Crippen molar-refractivity contribution in [3.63, 3.8) is 0 Å². The molecular formula is C12H23NO3. The number of hydrogen-bond donors (Lipinski definition) is 1. The van der Waals surface area contributed by atoms with Crippen LogP contribution in [0.25, 0.3) is 0 Å². The van der Waals surface area contributed by atoms with Crippen molar-refractivity contribution < 1.29 is 14.3 Å². The van der Waals surface area contributed by atoms with Crippen LogP contribution in [0.4, 0.5) is 0 Å². The van der Waals surface area contributed by atoms with Crippen LogP contribution in [0.3, 0.4) is 0 Å². The Kier molecular flexibility index (Phi) is 8.81. The van der Waals surface area contributed by atoms with Crippen molar-refractivity contribution in [2.24, 2.45) is 5.73 Å². The van der Waals surface area contributed by atoms with Crippen molar-refractivity contribution in [2.45, 2.75) is 58.4 Å². The third kappa shape index (κ3) is 8.41. The van der Waals surface area contributed by atoms with E-state index in [1.807, 2.05) is 6.92 Å².